The second kappa shape index (κ2) is 7.99. The predicted molar refractivity (Wildman–Crippen MR) is 98.8 cm³/mol. The van der Waals surface area contributed by atoms with E-state index in [4.69, 9.17) is 14.0 Å². The van der Waals surface area contributed by atoms with E-state index in [-0.39, 0.29) is 6.61 Å². The van der Waals surface area contributed by atoms with Crippen molar-refractivity contribution in [2.45, 2.75) is 13.5 Å². The molecule has 1 aliphatic rings. The number of piperazine rings is 1. The molecule has 142 valence electrons. The summed E-state index contributed by atoms with van der Waals surface area (Å²) >= 11 is 0. The summed E-state index contributed by atoms with van der Waals surface area (Å²) in [6, 6.07) is 9.83. The second-order valence-corrected chi connectivity index (χ2v) is 6.67. The first-order valence-electron chi connectivity index (χ1n) is 9.14. The minimum Gasteiger partial charge on any atom is -0.419 e. The molecule has 4 rings (SSSR count). The fraction of sp³-hybridized carbons (Fsp3) is 0.421. The summed E-state index contributed by atoms with van der Waals surface area (Å²) in [5.74, 6) is 1.67. The van der Waals surface area contributed by atoms with Crippen LogP contribution in [0.25, 0.3) is 22.7 Å². The molecule has 1 fully saturated rings. The Morgan fingerprint density at radius 1 is 1.04 bits per heavy atom. The van der Waals surface area contributed by atoms with Crippen LogP contribution in [0.4, 0.5) is 0 Å². The zero-order valence-corrected chi connectivity index (χ0v) is 15.3. The minimum atomic E-state index is 0.203. The van der Waals surface area contributed by atoms with E-state index in [2.05, 4.69) is 25.2 Å². The number of hydrogen-bond acceptors (Lipinski definition) is 8. The van der Waals surface area contributed by atoms with Crippen LogP contribution in [0.15, 0.2) is 39.3 Å². The third-order valence-electron chi connectivity index (χ3n) is 4.83. The molecule has 0 aliphatic carbocycles. The summed E-state index contributed by atoms with van der Waals surface area (Å²) in [5.41, 5.74) is 2.40. The van der Waals surface area contributed by atoms with E-state index in [1.807, 2.05) is 37.3 Å². The Bertz CT molecular complexity index is 869. The summed E-state index contributed by atoms with van der Waals surface area (Å²) < 4.78 is 11.3. The number of aliphatic hydroxyl groups excluding tert-OH is 1. The number of aryl methyl sites for hydroxylation is 1. The first-order valence-corrected chi connectivity index (χ1v) is 9.14. The van der Waals surface area contributed by atoms with Gasteiger partial charge in [0.05, 0.1) is 13.2 Å². The Morgan fingerprint density at radius 3 is 2.52 bits per heavy atom. The zero-order valence-electron chi connectivity index (χ0n) is 15.3. The highest BCUT2D eigenvalue weighted by Crippen LogP contribution is 2.33. The van der Waals surface area contributed by atoms with E-state index in [1.165, 1.54) is 0 Å². The summed E-state index contributed by atoms with van der Waals surface area (Å²) in [4.78, 5) is 4.53. The fourth-order valence-electron chi connectivity index (χ4n) is 3.34. The lowest BCUT2D eigenvalue weighted by atomic mass is 10.1. The third-order valence-corrected chi connectivity index (χ3v) is 4.83. The number of aromatic nitrogens is 3. The number of rotatable bonds is 6. The molecule has 8 heteroatoms. The van der Waals surface area contributed by atoms with Crippen LogP contribution in [0.1, 0.15) is 11.7 Å². The smallest absolute Gasteiger partial charge is 0.253 e. The monoisotopic (exact) mass is 369 g/mol. The Morgan fingerprint density at radius 2 is 1.78 bits per heavy atom. The lowest BCUT2D eigenvalue weighted by molar-refractivity contribution is 0.103. The van der Waals surface area contributed by atoms with Crippen molar-refractivity contribution in [2.24, 2.45) is 0 Å². The van der Waals surface area contributed by atoms with Gasteiger partial charge in [0.25, 0.3) is 5.89 Å². The van der Waals surface area contributed by atoms with Crippen molar-refractivity contribution in [3.05, 3.63) is 42.0 Å². The van der Waals surface area contributed by atoms with Crippen molar-refractivity contribution in [3.8, 4) is 22.7 Å². The lowest BCUT2D eigenvalue weighted by Crippen LogP contribution is -2.46. The van der Waals surface area contributed by atoms with Gasteiger partial charge in [0, 0.05) is 38.3 Å². The van der Waals surface area contributed by atoms with Gasteiger partial charge in [0.2, 0.25) is 5.89 Å². The highest BCUT2D eigenvalue weighted by molar-refractivity contribution is 5.77. The Hall–Kier alpha value is -2.55. The largest absolute Gasteiger partial charge is 0.419 e. The highest BCUT2D eigenvalue weighted by atomic mass is 16.5. The maximum Gasteiger partial charge on any atom is 0.253 e. The number of nitrogens with zero attached hydrogens (tertiary/aromatic N) is 5. The van der Waals surface area contributed by atoms with Gasteiger partial charge >= 0.3 is 0 Å². The Balaban J connectivity index is 1.49. The number of hydrogen-bond donors (Lipinski definition) is 1. The average molecular weight is 369 g/mol. The number of benzene rings is 1. The van der Waals surface area contributed by atoms with Gasteiger partial charge in [0.15, 0.2) is 0 Å². The van der Waals surface area contributed by atoms with Gasteiger partial charge in [0.1, 0.15) is 17.0 Å². The Kier molecular flexibility index (Phi) is 5.28. The van der Waals surface area contributed by atoms with Crippen LogP contribution < -0.4 is 0 Å². The van der Waals surface area contributed by atoms with E-state index in [9.17, 15) is 0 Å². The second-order valence-electron chi connectivity index (χ2n) is 6.67. The molecule has 2 aromatic heterocycles. The van der Waals surface area contributed by atoms with Crippen LogP contribution in [-0.4, -0.2) is 69.6 Å². The Labute approximate surface area is 157 Å². The predicted octanol–water partition coefficient (Wildman–Crippen LogP) is 1.81. The van der Waals surface area contributed by atoms with E-state index >= 15 is 0 Å². The summed E-state index contributed by atoms with van der Waals surface area (Å²) in [6.45, 7) is 7.10. The van der Waals surface area contributed by atoms with Crippen LogP contribution in [0.3, 0.4) is 0 Å². The van der Waals surface area contributed by atoms with E-state index in [0.717, 1.165) is 43.9 Å². The van der Waals surface area contributed by atoms with Crippen molar-refractivity contribution in [2.75, 3.05) is 39.3 Å². The van der Waals surface area contributed by atoms with Crippen molar-refractivity contribution in [1.29, 1.82) is 0 Å². The molecular weight excluding hydrogens is 346 g/mol. The SMILES string of the molecule is Cc1onc(-c2ccccc2)c1-c1nnc(CN2CCN(CCO)CC2)o1. The molecule has 0 saturated carbocycles. The molecule has 0 bridgehead atoms. The zero-order chi connectivity index (χ0) is 18.6. The molecule has 3 aromatic rings. The van der Waals surface area contributed by atoms with Gasteiger partial charge in [-0.2, -0.15) is 0 Å². The standard InChI is InChI=1S/C19H23N5O3/c1-14-17(18(22-27-14)15-5-3-2-4-6-15)19-21-20-16(26-19)13-24-9-7-23(8-10-24)11-12-25/h2-6,25H,7-13H2,1H3. The molecule has 8 nitrogen and oxygen atoms in total. The van der Waals surface area contributed by atoms with Gasteiger partial charge < -0.3 is 14.0 Å². The van der Waals surface area contributed by atoms with Crippen molar-refractivity contribution in [3.63, 3.8) is 0 Å². The van der Waals surface area contributed by atoms with E-state index in [0.29, 0.717) is 29.8 Å². The van der Waals surface area contributed by atoms with E-state index < -0.39 is 0 Å². The van der Waals surface area contributed by atoms with Crippen LogP contribution in [0, 0.1) is 6.92 Å². The minimum absolute atomic E-state index is 0.203. The number of aliphatic hydroxyl groups is 1. The molecule has 1 N–H and O–H groups in total. The van der Waals surface area contributed by atoms with Gasteiger partial charge in [-0.3, -0.25) is 9.80 Å². The first kappa shape index (κ1) is 17.8. The molecule has 0 unspecified atom stereocenters. The van der Waals surface area contributed by atoms with Gasteiger partial charge in [-0.15, -0.1) is 10.2 Å². The molecule has 0 amide bonds. The molecule has 3 heterocycles. The molecule has 27 heavy (non-hydrogen) atoms. The van der Waals surface area contributed by atoms with Crippen LogP contribution >= 0.6 is 0 Å². The third kappa shape index (κ3) is 3.92. The molecular formula is C19H23N5O3. The fourth-order valence-corrected chi connectivity index (χ4v) is 3.34. The molecule has 0 spiro atoms. The maximum atomic E-state index is 9.04. The molecule has 0 atom stereocenters. The first-order chi connectivity index (χ1) is 13.2. The van der Waals surface area contributed by atoms with Crippen LogP contribution in [0.5, 0.6) is 0 Å². The van der Waals surface area contributed by atoms with Gasteiger partial charge in [-0.1, -0.05) is 35.5 Å². The van der Waals surface area contributed by atoms with Crippen LogP contribution in [-0.2, 0) is 6.54 Å². The normalized spacial score (nSPS) is 16.1. The van der Waals surface area contributed by atoms with Crippen molar-refractivity contribution < 1.29 is 14.0 Å². The highest BCUT2D eigenvalue weighted by Gasteiger charge is 2.23. The molecule has 0 radical (unpaired) electrons. The van der Waals surface area contributed by atoms with Crippen molar-refractivity contribution >= 4 is 0 Å². The van der Waals surface area contributed by atoms with Gasteiger partial charge in [-0.05, 0) is 6.92 Å². The summed E-state index contributed by atoms with van der Waals surface area (Å²) in [6.07, 6.45) is 0. The average Bonchev–Trinajstić information content (AvgIpc) is 3.30. The molecule has 1 aromatic carbocycles. The topological polar surface area (TPSA) is 91.7 Å². The maximum absolute atomic E-state index is 9.04. The lowest BCUT2D eigenvalue weighted by Gasteiger charge is -2.33. The quantitative estimate of drug-likeness (QED) is 0.703. The number of β-amino-alcohol motifs (C(OH)–C–C–N with tert-alkyl or cyclic N) is 1. The van der Waals surface area contributed by atoms with Gasteiger partial charge in [-0.25, -0.2) is 0 Å². The summed E-state index contributed by atoms with van der Waals surface area (Å²) in [5, 5.41) is 21.7. The van der Waals surface area contributed by atoms with Crippen molar-refractivity contribution in [1.82, 2.24) is 25.2 Å². The van der Waals surface area contributed by atoms with Crippen LogP contribution in [0.2, 0.25) is 0 Å². The molecule has 1 saturated heterocycles. The van der Waals surface area contributed by atoms with E-state index in [1.54, 1.807) is 0 Å². The summed E-state index contributed by atoms with van der Waals surface area (Å²) in [7, 11) is 0. The molecule has 1 aliphatic heterocycles.